The second kappa shape index (κ2) is 6.33. The van der Waals surface area contributed by atoms with E-state index < -0.39 is 0 Å². The van der Waals surface area contributed by atoms with E-state index in [-0.39, 0.29) is 11.8 Å². The first-order valence-corrected chi connectivity index (χ1v) is 7.13. The Balaban J connectivity index is 1.96. The van der Waals surface area contributed by atoms with Crippen LogP contribution in [-0.2, 0) is 6.42 Å². The van der Waals surface area contributed by atoms with Gasteiger partial charge in [0.2, 0.25) is 0 Å². The van der Waals surface area contributed by atoms with Crippen molar-refractivity contribution in [1.82, 2.24) is 20.8 Å². The lowest BCUT2D eigenvalue weighted by Gasteiger charge is -2.05. The highest BCUT2D eigenvalue weighted by Gasteiger charge is 2.16. The fourth-order valence-electron chi connectivity index (χ4n) is 1.69. The first-order valence-electron chi connectivity index (χ1n) is 6.32. The van der Waals surface area contributed by atoms with Gasteiger partial charge in [0.1, 0.15) is 10.6 Å². The third-order valence-corrected chi connectivity index (χ3v) is 3.86. The molecule has 2 heterocycles. The molecule has 0 aliphatic heterocycles. The van der Waals surface area contributed by atoms with E-state index in [9.17, 15) is 9.59 Å². The average molecular weight is 292 g/mol. The number of thiazole rings is 1. The van der Waals surface area contributed by atoms with Gasteiger partial charge in [-0.05, 0) is 31.9 Å². The van der Waals surface area contributed by atoms with Crippen LogP contribution in [0.1, 0.15) is 44.2 Å². The Kier molecular flexibility index (Phi) is 4.52. The molecule has 7 heteroatoms. The molecule has 0 saturated carbocycles. The lowest BCUT2D eigenvalue weighted by Crippen LogP contribution is -2.41. The van der Waals surface area contributed by atoms with Gasteiger partial charge in [0.15, 0.2) is 0 Å². The molecule has 20 heavy (non-hydrogen) atoms. The number of aromatic amines is 1. The highest BCUT2D eigenvalue weighted by atomic mass is 32.1. The van der Waals surface area contributed by atoms with Crippen LogP contribution in [0.2, 0.25) is 0 Å². The van der Waals surface area contributed by atoms with Crippen LogP contribution in [0.15, 0.2) is 18.3 Å². The molecule has 0 aromatic carbocycles. The van der Waals surface area contributed by atoms with Gasteiger partial charge in [0, 0.05) is 6.20 Å². The van der Waals surface area contributed by atoms with Crippen LogP contribution in [0.25, 0.3) is 0 Å². The number of aromatic nitrogens is 2. The maximum Gasteiger partial charge on any atom is 0.286 e. The Bertz CT molecular complexity index is 604. The highest BCUT2D eigenvalue weighted by Crippen LogP contribution is 2.18. The molecule has 0 atom stereocenters. The Morgan fingerprint density at radius 3 is 2.75 bits per heavy atom. The van der Waals surface area contributed by atoms with E-state index in [4.69, 9.17) is 0 Å². The minimum atomic E-state index is -0.390. The van der Waals surface area contributed by atoms with Crippen molar-refractivity contribution < 1.29 is 9.59 Å². The van der Waals surface area contributed by atoms with Crippen molar-refractivity contribution in [3.8, 4) is 0 Å². The summed E-state index contributed by atoms with van der Waals surface area (Å²) in [4.78, 5) is 31.3. The van der Waals surface area contributed by atoms with Gasteiger partial charge >= 0.3 is 0 Å². The molecule has 2 rings (SSSR count). The molecule has 0 radical (unpaired) electrons. The number of nitrogens with zero attached hydrogens (tertiary/aromatic N) is 1. The number of nitrogens with one attached hydrogen (secondary N) is 3. The Morgan fingerprint density at radius 1 is 1.35 bits per heavy atom. The zero-order valence-corrected chi connectivity index (χ0v) is 12.1. The van der Waals surface area contributed by atoms with Gasteiger partial charge in [-0.3, -0.25) is 20.4 Å². The second-order valence-corrected chi connectivity index (χ2v) is 5.35. The predicted octanol–water partition coefficient (Wildman–Crippen LogP) is 1.81. The molecule has 2 aromatic rings. The van der Waals surface area contributed by atoms with E-state index in [1.807, 2.05) is 0 Å². The normalized spacial score (nSPS) is 10.3. The number of aryl methyl sites for hydroxylation is 2. The van der Waals surface area contributed by atoms with Crippen LogP contribution in [0, 0.1) is 6.92 Å². The van der Waals surface area contributed by atoms with Crippen LogP contribution >= 0.6 is 11.3 Å². The van der Waals surface area contributed by atoms with Gasteiger partial charge < -0.3 is 4.98 Å². The summed E-state index contributed by atoms with van der Waals surface area (Å²) in [7, 11) is 0. The summed E-state index contributed by atoms with van der Waals surface area (Å²) in [5.41, 5.74) is 5.83. The Morgan fingerprint density at radius 2 is 2.10 bits per heavy atom. The van der Waals surface area contributed by atoms with E-state index in [0.29, 0.717) is 16.3 Å². The summed E-state index contributed by atoms with van der Waals surface area (Å²) in [6.45, 7) is 3.85. The number of H-pyrrole nitrogens is 1. The summed E-state index contributed by atoms with van der Waals surface area (Å²) >= 11 is 1.36. The zero-order valence-electron chi connectivity index (χ0n) is 11.3. The van der Waals surface area contributed by atoms with Crippen molar-refractivity contribution in [2.45, 2.75) is 26.7 Å². The molecule has 0 saturated heterocycles. The molecule has 2 amide bonds. The Labute approximate surface area is 120 Å². The maximum atomic E-state index is 12.0. The van der Waals surface area contributed by atoms with E-state index in [1.54, 1.807) is 25.3 Å². The topological polar surface area (TPSA) is 86.9 Å². The molecule has 106 valence electrons. The molecule has 0 aliphatic rings. The van der Waals surface area contributed by atoms with Gasteiger partial charge in [-0.1, -0.05) is 6.92 Å². The summed E-state index contributed by atoms with van der Waals surface area (Å²) in [5.74, 6) is -0.735. The van der Waals surface area contributed by atoms with E-state index >= 15 is 0 Å². The van der Waals surface area contributed by atoms with Crippen molar-refractivity contribution in [1.29, 1.82) is 0 Å². The van der Waals surface area contributed by atoms with Crippen LogP contribution in [0.5, 0.6) is 0 Å². The molecule has 0 aliphatic carbocycles. The molecule has 6 nitrogen and oxygen atoms in total. The number of amides is 2. The van der Waals surface area contributed by atoms with Gasteiger partial charge in [-0.15, -0.1) is 11.3 Å². The molecular weight excluding hydrogens is 276 g/mol. The minimum Gasteiger partial charge on any atom is -0.357 e. The van der Waals surface area contributed by atoms with Crippen molar-refractivity contribution in [2.75, 3.05) is 0 Å². The van der Waals surface area contributed by atoms with Gasteiger partial charge in [-0.25, -0.2) is 4.98 Å². The van der Waals surface area contributed by atoms with E-state index in [1.165, 1.54) is 11.3 Å². The third-order valence-electron chi connectivity index (χ3n) is 2.64. The monoisotopic (exact) mass is 292 g/mol. The van der Waals surface area contributed by atoms with Crippen LogP contribution < -0.4 is 10.9 Å². The van der Waals surface area contributed by atoms with Gasteiger partial charge in [0.25, 0.3) is 11.8 Å². The summed E-state index contributed by atoms with van der Waals surface area (Å²) in [5, 5.41) is 0.936. The van der Waals surface area contributed by atoms with Crippen molar-refractivity contribution in [2.24, 2.45) is 0 Å². The smallest absolute Gasteiger partial charge is 0.286 e. The number of hydrazine groups is 1. The van der Waals surface area contributed by atoms with Crippen LogP contribution in [0.4, 0.5) is 0 Å². The predicted molar refractivity (Wildman–Crippen MR) is 76.6 cm³/mol. The maximum absolute atomic E-state index is 12.0. The molecule has 0 unspecified atom stereocenters. The first kappa shape index (κ1) is 14.3. The Hall–Kier alpha value is -2.15. The SMILES string of the molecule is CCCc1nc(C)c(C(=O)NNC(=O)c2ccc[nH]2)s1. The van der Waals surface area contributed by atoms with E-state index in [0.717, 1.165) is 17.8 Å². The average Bonchev–Trinajstić information content (AvgIpc) is 3.06. The van der Waals surface area contributed by atoms with Crippen molar-refractivity contribution >= 4 is 23.2 Å². The standard InChI is InChI=1S/C13H16N4O2S/c1-3-5-10-15-8(2)11(20-10)13(19)17-16-12(18)9-6-4-7-14-9/h4,6-7,14H,3,5H2,1-2H3,(H,16,18)(H,17,19). The lowest BCUT2D eigenvalue weighted by atomic mass is 10.3. The number of carbonyl (C=O) groups excluding carboxylic acids is 2. The van der Waals surface area contributed by atoms with Gasteiger partial charge in [0.05, 0.1) is 10.7 Å². The molecule has 3 N–H and O–H groups in total. The van der Waals surface area contributed by atoms with Gasteiger partial charge in [-0.2, -0.15) is 0 Å². The van der Waals surface area contributed by atoms with Crippen molar-refractivity contribution in [3.63, 3.8) is 0 Å². The highest BCUT2D eigenvalue weighted by molar-refractivity contribution is 7.13. The second-order valence-electron chi connectivity index (χ2n) is 4.26. The fraction of sp³-hybridized carbons (Fsp3) is 0.308. The van der Waals surface area contributed by atoms with Crippen LogP contribution in [-0.4, -0.2) is 21.8 Å². The number of carbonyl (C=O) groups is 2. The number of hydrogen-bond acceptors (Lipinski definition) is 4. The zero-order chi connectivity index (χ0) is 14.5. The summed E-state index contributed by atoms with van der Waals surface area (Å²) in [6, 6.07) is 3.33. The fourth-order valence-corrected chi connectivity index (χ4v) is 2.75. The number of rotatable bonds is 4. The molecule has 0 fully saturated rings. The minimum absolute atomic E-state index is 0.345. The molecular formula is C13H16N4O2S. The molecule has 2 aromatic heterocycles. The first-order chi connectivity index (χ1) is 9.61. The van der Waals surface area contributed by atoms with Crippen LogP contribution in [0.3, 0.4) is 0 Å². The van der Waals surface area contributed by atoms with E-state index in [2.05, 4.69) is 27.7 Å². The molecule has 0 spiro atoms. The van der Waals surface area contributed by atoms with Crippen molar-refractivity contribution in [3.05, 3.63) is 39.6 Å². The number of hydrogen-bond donors (Lipinski definition) is 3. The third kappa shape index (κ3) is 3.24. The largest absolute Gasteiger partial charge is 0.357 e. The molecule has 0 bridgehead atoms. The summed E-state index contributed by atoms with van der Waals surface area (Å²) in [6.07, 6.45) is 3.48. The quantitative estimate of drug-likeness (QED) is 0.751. The summed E-state index contributed by atoms with van der Waals surface area (Å²) < 4.78 is 0. The lowest BCUT2D eigenvalue weighted by molar-refractivity contribution is 0.0846.